The van der Waals surface area contributed by atoms with Crippen molar-refractivity contribution in [3.8, 4) is 0 Å². The van der Waals surface area contributed by atoms with Gasteiger partial charge in [0.15, 0.2) is 0 Å². The van der Waals surface area contributed by atoms with Crippen LogP contribution < -0.4 is 15.5 Å². The fourth-order valence-corrected chi connectivity index (χ4v) is 4.35. The Labute approximate surface area is 208 Å². The topological polar surface area (TPSA) is 81.6 Å². The zero-order valence-corrected chi connectivity index (χ0v) is 20.2. The number of hydrogen-bond acceptors (Lipinski definition) is 8. The van der Waals surface area contributed by atoms with Gasteiger partial charge in [-0.05, 0) is 42.5 Å². The van der Waals surface area contributed by atoms with E-state index in [2.05, 4.69) is 54.6 Å². The normalized spacial score (nSPS) is 16.3. The monoisotopic (exact) mass is 494 g/mol. The van der Waals surface area contributed by atoms with Gasteiger partial charge in [-0.2, -0.15) is 15.0 Å². The number of amidine groups is 1. The van der Waals surface area contributed by atoms with E-state index in [1.807, 2.05) is 24.3 Å². The van der Waals surface area contributed by atoms with Gasteiger partial charge in [0.1, 0.15) is 5.84 Å². The SMILES string of the molecule is CN1CCN(c2nc(NC3=NCC(c4ccccc4)=C3)nc(Nc3cc(Cl)cc(Cl)c3)n2)CC1. The highest BCUT2D eigenvalue weighted by Gasteiger charge is 2.20. The molecule has 1 aromatic heterocycles. The van der Waals surface area contributed by atoms with E-state index < -0.39 is 0 Å². The van der Waals surface area contributed by atoms with Gasteiger partial charge in [-0.15, -0.1) is 0 Å². The summed E-state index contributed by atoms with van der Waals surface area (Å²) in [6.45, 7) is 4.16. The summed E-state index contributed by atoms with van der Waals surface area (Å²) in [5.41, 5.74) is 2.99. The first-order valence-electron chi connectivity index (χ1n) is 11.0. The molecule has 0 atom stereocenters. The molecule has 0 bridgehead atoms. The lowest BCUT2D eigenvalue weighted by Crippen LogP contribution is -2.45. The highest BCUT2D eigenvalue weighted by molar-refractivity contribution is 6.35. The van der Waals surface area contributed by atoms with Gasteiger partial charge in [-0.25, -0.2) is 0 Å². The number of benzene rings is 2. The van der Waals surface area contributed by atoms with Crippen molar-refractivity contribution < 1.29 is 0 Å². The van der Waals surface area contributed by atoms with E-state index in [1.54, 1.807) is 18.2 Å². The van der Waals surface area contributed by atoms with Crippen LogP contribution in [0.5, 0.6) is 0 Å². The fourth-order valence-electron chi connectivity index (χ4n) is 3.82. The fraction of sp³-hybridized carbons (Fsp3) is 0.250. The summed E-state index contributed by atoms with van der Waals surface area (Å²) in [4.78, 5) is 23.0. The van der Waals surface area contributed by atoms with Crippen LogP contribution in [-0.2, 0) is 0 Å². The smallest absolute Gasteiger partial charge is 0.235 e. The number of hydrogen-bond donors (Lipinski definition) is 2. The Morgan fingerprint density at radius 1 is 0.824 bits per heavy atom. The molecule has 174 valence electrons. The minimum atomic E-state index is 0.399. The second kappa shape index (κ2) is 9.97. The minimum absolute atomic E-state index is 0.399. The Morgan fingerprint density at radius 2 is 1.50 bits per heavy atom. The molecule has 10 heteroatoms. The van der Waals surface area contributed by atoms with Crippen molar-refractivity contribution in [1.29, 1.82) is 0 Å². The van der Waals surface area contributed by atoms with E-state index in [4.69, 9.17) is 28.2 Å². The molecule has 8 nitrogen and oxygen atoms in total. The lowest BCUT2D eigenvalue weighted by Gasteiger charge is -2.32. The summed E-state index contributed by atoms with van der Waals surface area (Å²) in [6.07, 6.45) is 2.03. The molecule has 1 saturated heterocycles. The Kier molecular flexibility index (Phi) is 6.62. The molecule has 0 amide bonds. The molecular weight excluding hydrogens is 471 g/mol. The average molecular weight is 495 g/mol. The maximum atomic E-state index is 6.17. The Balaban J connectivity index is 1.42. The van der Waals surface area contributed by atoms with E-state index in [1.165, 1.54) is 0 Å². The van der Waals surface area contributed by atoms with Crippen LogP contribution in [0.4, 0.5) is 23.5 Å². The van der Waals surface area contributed by atoms with Crippen molar-refractivity contribution >= 4 is 58.1 Å². The van der Waals surface area contributed by atoms with Gasteiger partial charge in [0, 0.05) is 41.9 Å². The summed E-state index contributed by atoms with van der Waals surface area (Å²) in [5.74, 6) is 2.14. The number of halogens is 2. The van der Waals surface area contributed by atoms with Gasteiger partial charge >= 0.3 is 0 Å². The third kappa shape index (κ3) is 5.47. The largest absolute Gasteiger partial charge is 0.338 e. The summed E-state index contributed by atoms with van der Waals surface area (Å²) < 4.78 is 0. The third-order valence-electron chi connectivity index (χ3n) is 5.64. The maximum Gasteiger partial charge on any atom is 0.235 e. The average Bonchev–Trinajstić information content (AvgIpc) is 3.28. The van der Waals surface area contributed by atoms with Crippen molar-refractivity contribution in [2.24, 2.45) is 4.99 Å². The van der Waals surface area contributed by atoms with E-state index in [0.717, 1.165) is 37.3 Å². The lowest BCUT2D eigenvalue weighted by molar-refractivity contribution is 0.311. The van der Waals surface area contributed by atoms with Gasteiger partial charge < -0.3 is 20.4 Å². The van der Waals surface area contributed by atoms with Gasteiger partial charge in [-0.1, -0.05) is 53.5 Å². The number of nitrogens with zero attached hydrogens (tertiary/aromatic N) is 6. The number of rotatable bonds is 5. The van der Waals surface area contributed by atoms with Crippen LogP contribution in [0.2, 0.25) is 10.0 Å². The minimum Gasteiger partial charge on any atom is -0.338 e. The van der Waals surface area contributed by atoms with Crippen LogP contribution >= 0.6 is 23.2 Å². The first-order valence-corrected chi connectivity index (χ1v) is 11.8. The number of nitrogens with one attached hydrogen (secondary N) is 2. The van der Waals surface area contributed by atoms with E-state index in [9.17, 15) is 0 Å². The molecule has 0 aliphatic carbocycles. The standard InChI is InChI=1S/C24H24Cl2N8/c1-33-7-9-34(10-8-33)24-31-22(28-20-13-18(25)12-19(26)14-20)30-23(32-24)29-21-11-17(15-27-21)16-5-3-2-4-6-16/h2-6,11-14H,7-10,15H2,1H3,(H2,27,28,29,30,31,32). The summed E-state index contributed by atoms with van der Waals surface area (Å²) in [5, 5.41) is 7.53. The highest BCUT2D eigenvalue weighted by atomic mass is 35.5. The lowest BCUT2D eigenvalue weighted by atomic mass is 10.1. The zero-order valence-electron chi connectivity index (χ0n) is 18.7. The molecule has 0 spiro atoms. The second-order valence-corrected chi connectivity index (χ2v) is 9.09. The van der Waals surface area contributed by atoms with Crippen LogP contribution in [0.3, 0.4) is 0 Å². The molecule has 2 N–H and O–H groups in total. The molecule has 2 aliphatic rings. The Morgan fingerprint density at radius 3 is 2.21 bits per heavy atom. The van der Waals surface area contributed by atoms with E-state index in [-0.39, 0.29) is 0 Å². The van der Waals surface area contributed by atoms with E-state index >= 15 is 0 Å². The van der Waals surface area contributed by atoms with Crippen LogP contribution in [0.25, 0.3) is 5.57 Å². The van der Waals surface area contributed by atoms with Crippen LogP contribution in [0.15, 0.2) is 59.6 Å². The molecule has 0 unspecified atom stereocenters. The van der Waals surface area contributed by atoms with Crippen molar-refractivity contribution in [1.82, 2.24) is 19.9 Å². The van der Waals surface area contributed by atoms with Crippen molar-refractivity contribution in [2.45, 2.75) is 0 Å². The van der Waals surface area contributed by atoms with Crippen molar-refractivity contribution in [3.05, 3.63) is 70.2 Å². The number of aromatic nitrogens is 3. The number of aliphatic imine (C=N–C) groups is 1. The van der Waals surface area contributed by atoms with Gasteiger partial charge in [0.05, 0.1) is 6.54 Å². The first-order chi connectivity index (χ1) is 16.5. The second-order valence-electron chi connectivity index (χ2n) is 8.22. The first kappa shape index (κ1) is 22.6. The molecule has 5 rings (SSSR count). The molecule has 2 aliphatic heterocycles. The molecule has 34 heavy (non-hydrogen) atoms. The summed E-state index contributed by atoms with van der Waals surface area (Å²) in [7, 11) is 2.11. The molecule has 0 radical (unpaired) electrons. The molecule has 0 saturated carbocycles. The van der Waals surface area contributed by atoms with Crippen LogP contribution in [0, 0.1) is 0 Å². The molecular formula is C24H24Cl2N8. The van der Waals surface area contributed by atoms with Gasteiger partial charge in [0.2, 0.25) is 17.8 Å². The highest BCUT2D eigenvalue weighted by Crippen LogP contribution is 2.26. The maximum absolute atomic E-state index is 6.17. The number of anilines is 4. The molecule has 3 heterocycles. The Hall–Kier alpha value is -3.20. The number of piperazine rings is 1. The van der Waals surface area contributed by atoms with E-state index in [0.29, 0.717) is 46.0 Å². The number of likely N-dealkylation sites (N-methyl/N-ethyl adjacent to an activating group) is 1. The van der Waals surface area contributed by atoms with Crippen LogP contribution in [-0.4, -0.2) is 65.5 Å². The molecule has 2 aromatic carbocycles. The predicted molar refractivity (Wildman–Crippen MR) is 140 cm³/mol. The van der Waals surface area contributed by atoms with Crippen LogP contribution in [0.1, 0.15) is 5.56 Å². The van der Waals surface area contributed by atoms with Crippen molar-refractivity contribution in [3.63, 3.8) is 0 Å². The summed E-state index contributed by atoms with van der Waals surface area (Å²) >= 11 is 12.3. The van der Waals surface area contributed by atoms with Gasteiger partial charge in [0.25, 0.3) is 0 Å². The molecule has 3 aromatic rings. The Bertz CT molecular complexity index is 1220. The zero-order chi connectivity index (χ0) is 23.5. The summed E-state index contributed by atoms with van der Waals surface area (Å²) in [6, 6.07) is 15.4. The third-order valence-corrected chi connectivity index (χ3v) is 6.08. The molecule has 1 fully saturated rings. The predicted octanol–water partition coefficient (Wildman–Crippen LogP) is 4.58. The quantitative estimate of drug-likeness (QED) is 0.536. The van der Waals surface area contributed by atoms with Gasteiger partial charge in [-0.3, -0.25) is 4.99 Å². The van der Waals surface area contributed by atoms with Crippen molar-refractivity contribution in [2.75, 3.05) is 55.3 Å².